The third kappa shape index (κ3) is 3.19. The van der Waals surface area contributed by atoms with Gasteiger partial charge in [0.2, 0.25) is 5.91 Å². The first-order valence-electron chi connectivity index (χ1n) is 8.43. The number of ether oxygens (including phenoxy) is 3. The van der Waals surface area contributed by atoms with Gasteiger partial charge in [-0.3, -0.25) is 14.5 Å². The van der Waals surface area contributed by atoms with Crippen LogP contribution in [0.3, 0.4) is 0 Å². The summed E-state index contributed by atoms with van der Waals surface area (Å²) in [5, 5.41) is 0. The molecular formula is C18H22N2O5. The van der Waals surface area contributed by atoms with Gasteiger partial charge in [0.1, 0.15) is 11.5 Å². The standard InChI is InChI=1S/C18H22N2O5/c1-3-23-8-7-20-15(21)10-13-12-6-5-11(24-4-2)9-14(12)25-17(19)16(13)18(20)22/h5-6,9,13H,3-4,7-8,10,19H2,1-2H3. The molecule has 2 heterocycles. The van der Waals surface area contributed by atoms with Crippen LogP contribution in [-0.2, 0) is 14.3 Å². The van der Waals surface area contributed by atoms with Crippen LogP contribution in [0.15, 0.2) is 29.7 Å². The van der Waals surface area contributed by atoms with Gasteiger partial charge < -0.3 is 19.9 Å². The third-order valence-corrected chi connectivity index (χ3v) is 4.32. The van der Waals surface area contributed by atoms with Gasteiger partial charge in [-0.05, 0) is 19.9 Å². The highest BCUT2D eigenvalue weighted by atomic mass is 16.5. The molecule has 1 atom stereocenters. The molecule has 3 rings (SSSR count). The quantitative estimate of drug-likeness (QED) is 0.620. The number of nitrogens with two attached hydrogens (primary N) is 1. The van der Waals surface area contributed by atoms with E-state index in [0.29, 0.717) is 36.9 Å². The minimum absolute atomic E-state index is 0.0464. The van der Waals surface area contributed by atoms with E-state index in [1.807, 2.05) is 19.9 Å². The Kier molecular flexibility index (Phi) is 4.94. The summed E-state index contributed by atoms with van der Waals surface area (Å²) in [6.45, 7) is 5.33. The van der Waals surface area contributed by atoms with E-state index in [1.54, 1.807) is 12.1 Å². The summed E-state index contributed by atoms with van der Waals surface area (Å²) in [6, 6.07) is 5.37. The molecule has 2 amide bonds. The Hall–Kier alpha value is -2.54. The van der Waals surface area contributed by atoms with Crippen molar-refractivity contribution in [2.24, 2.45) is 5.73 Å². The van der Waals surface area contributed by atoms with E-state index in [4.69, 9.17) is 19.9 Å². The summed E-state index contributed by atoms with van der Waals surface area (Å²) < 4.78 is 16.4. The number of imide groups is 1. The maximum absolute atomic E-state index is 12.8. The number of likely N-dealkylation sites (tertiary alicyclic amines) is 1. The van der Waals surface area contributed by atoms with Gasteiger partial charge in [-0.15, -0.1) is 0 Å². The summed E-state index contributed by atoms with van der Waals surface area (Å²) in [7, 11) is 0. The minimum atomic E-state index is -0.405. The fourth-order valence-electron chi connectivity index (χ4n) is 3.18. The van der Waals surface area contributed by atoms with Crippen LogP contribution in [0.5, 0.6) is 11.5 Å². The Labute approximate surface area is 146 Å². The van der Waals surface area contributed by atoms with Crippen molar-refractivity contribution in [1.82, 2.24) is 4.90 Å². The lowest BCUT2D eigenvalue weighted by atomic mass is 9.82. The molecule has 134 valence electrons. The van der Waals surface area contributed by atoms with Crippen LogP contribution in [0.25, 0.3) is 0 Å². The lowest BCUT2D eigenvalue weighted by Crippen LogP contribution is -2.47. The van der Waals surface area contributed by atoms with Crippen molar-refractivity contribution in [2.45, 2.75) is 26.2 Å². The lowest BCUT2D eigenvalue weighted by Gasteiger charge is -2.36. The summed E-state index contributed by atoms with van der Waals surface area (Å²) in [5.74, 6) is 0.212. The topological polar surface area (TPSA) is 91.1 Å². The van der Waals surface area contributed by atoms with Gasteiger partial charge in [-0.1, -0.05) is 6.07 Å². The Morgan fingerprint density at radius 1 is 1.28 bits per heavy atom. The molecule has 0 aliphatic carbocycles. The summed E-state index contributed by atoms with van der Waals surface area (Å²) in [6.07, 6.45) is 0.179. The van der Waals surface area contributed by atoms with E-state index in [0.717, 1.165) is 5.56 Å². The molecule has 1 fully saturated rings. The van der Waals surface area contributed by atoms with E-state index in [1.165, 1.54) is 4.90 Å². The Balaban J connectivity index is 1.89. The number of fused-ring (bicyclic) bond motifs is 3. The first-order chi connectivity index (χ1) is 12.1. The molecule has 1 saturated heterocycles. The molecule has 2 aliphatic rings. The molecule has 0 saturated carbocycles. The van der Waals surface area contributed by atoms with Crippen LogP contribution in [0.1, 0.15) is 31.7 Å². The summed E-state index contributed by atoms with van der Waals surface area (Å²) >= 11 is 0. The first kappa shape index (κ1) is 17.3. The van der Waals surface area contributed by atoms with Gasteiger partial charge in [0.05, 0.1) is 25.3 Å². The van der Waals surface area contributed by atoms with Gasteiger partial charge >= 0.3 is 0 Å². The SMILES string of the molecule is CCOCCN1C(=O)CC2C(=C(N)Oc3cc(OCC)ccc32)C1=O. The number of rotatable bonds is 6. The summed E-state index contributed by atoms with van der Waals surface area (Å²) in [5.41, 5.74) is 7.12. The number of nitrogens with zero attached hydrogens (tertiary/aromatic N) is 1. The fraction of sp³-hybridized carbons (Fsp3) is 0.444. The number of piperidine rings is 1. The highest BCUT2D eigenvalue weighted by Crippen LogP contribution is 2.44. The minimum Gasteiger partial charge on any atom is -0.494 e. The van der Waals surface area contributed by atoms with Crippen molar-refractivity contribution in [3.8, 4) is 11.5 Å². The van der Waals surface area contributed by atoms with Crippen LogP contribution in [-0.4, -0.2) is 43.1 Å². The molecular weight excluding hydrogens is 324 g/mol. The second-order valence-corrected chi connectivity index (χ2v) is 5.82. The maximum atomic E-state index is 12.8. The van der Waals surface area contributed by atoms with Crippen LogP contribution in [0.2, 0.25) is 0 Å². The molecule has 1 aromatic rings. The second-order valence-electron chi connectivity index (χ2n) is 5.82. The average Bonchev–Trinajstić information content (AvgIpc) is 2.57. The smallest absolute Gasteiger partial charge is 0.262 e. The normalized spacial score (nSPS) is 19.4. The molecule has 0 spiro atoms. The zero-order valence-electron chi connectivity index (χ0n) is 14.4. The van der Waals surface area contributed by atoms with Crippen LogP contribution in [0.4, 0.5) is 0 Å². The number of hydrogen-bond acceptors (Lipinski definition) is 6. The van der Waals surface area contributed by atoms with Crippen molar-refractivity contribution in [3.63, 3.8) is 0 Å². The third-order valence-electron chi connectivity index (χ3n) is 4.32. The van der Waals surface area contributed by atoms with Gasteiger partial charge in [-0.25, -0.2) is 0 Å². The predicted octanol–water partition coefficient (Wildman–Crippen LogP) is 1.53. The largest absolute Gasteiger partial charge is 0.494 e. The first-order valence-corrected chi connectivity index (χ1v) is 8.43. The molecule has 0 aromatic heterocycles. The molecule has 1 unspecified atom stereocenters. The van der Waals surface area contributed by atoms with Gasteiger partial charge in [0.25, 0.3) is 5.91 Å². The van der Waals surface area contributed by atoms with Crippen molar-refractivity contribution < 1.29 is 23.8 Å². The van der Waals surface area contributed by atoms with Crippen molar-refractivity contribution >= 4 is 11.8 Å². The van der Waals surface area contributed by atoms with E-state index < -0.39 is 5.91 Å². The number of amides is 2. The maximum Gasteiger partial charge on any atom is 0.262 e. The van der Waals surface area contributed by atoms with Crippen molar-refractivity contribution in [1.29, 1.82) is 0 Å². The highest BCUT2D eigenvalue weighted by molar-refractivity contribution is 6.09. The molecule has 7 nitrogen and oxygen atoms in total. The highest BCUT2D eigenvalue weighted by Gasteiger charge is 2.43. The second kappa shape index (κ2) is 7.14. The number of carbonyl (C=O) groups is 2. The average molecular weight is 346 g/mol. The number of benzene rings is 1. The van der Waals surface area contributed by atoms with Crippen molar-refractivity contribution in [2.75, 3.05) is 26.4 Å². The summed E-state index contributed by atoms with van der Waals surface area (Å²) in [4.78, 5) is 26.4. The molecule has 1 aromatic carbocycles. The van der Waals surface area contributed by atoms with Gasteiger partial charge in [0.15, 0.2) is 5.88 Å². The van der Waals surface area contributed by atoms with Gasteiger partial charge in [0, 0.05) is 30.6 Å². The Morgan fingerprint density at radius 2 is 2.08 bits per heavy atom. The number of carbonyl (C=O) groups excluding carboxylic acids is 2. The van der Waals surface area contributed by atoms with Crippen LogP contribution >= 0.6 is 0 Å². The Bertz CT molecular complexity index is 728. The number of hydrogen-bond donors (Lipinski definition) is 1. The fourth-order valence-corrected chi connectivity index (χ4v) is 3.18. The van der Waals surface area contributed by atoms with E-state index in [9.17, 15) is 9.59 Å². The van der Waals surface area contributed by atoms with Gasteiger partial charge in [-0.2, -0.15) is 0 Å². The predicted molar refractivity (Wildman–Crippen MR) is 90.0 cm³/mol. The zero-order chi connectivity index (χ0) is 18.0. The Morgan fingerprint density at radius 3 is 2.80 bits per heavy atom. The monoisotopic (exact) mass is 346 g/mol. The molecule has 2 N–H and O–H groups in total. The van der Waals surface area contributed by atoms with Crippen LogP contribution in [0, 0.1) is 0 Å². The van der Waals surface area contributed by atoms with E-state index in [2.05, 4.69) is 0 Å². The van der Waals surface area contributed by atoms with Crippen molar-refractivity contribution in [3.05, 3.63) is 35.2 Å². The molecule has 0 radical (unpaired) electrons. The zero-order valence-corrected chi connectivity index (χ0v) is 14.4. The van der Waals surface area contributed by atoms with Crippen LogP contribution < -0.4 is 15.2 Å². The van der Waals surface area contributed by atoms with E-state index in [-0.39, 0.29) is 30.7 Å². The molecule has 2 aliphatic heterocycles. The molecule has 0 bridgehead atoms. The lowest BCUT2D eigenvalue weighted by molar-refractivity contribution is -0.146. The van der Waals surface area contributed by atoms with E-state index >= 15 is 0 Å². The molecule has 7 heteroatoms. The molecule has 25 heavy (non-hydrogen) atoms.